The van der Waals surface area contributed by atoms with Gasteiger partial charge in [-0.25, -0.2) is 0 Å². The number of carbonyl (C=O) groups excluding carboxylic acids is 1. The zero-order valence-corrected chi connectivity index (χ0v) is 11.5. The van der Waals surface area contributed by atoms with Crippen LogP contribution in [0.3, 0.4) is 0 Å². The number of likely N-dealkylation sites (tertiary alicyclic amines) is 1. The second-order valence-electron chi connectivity index (χ2n) is 6.89. The zero-order chi connectivity index (χ0) is 12.5. The number of rotatable bonds is 2. The van der Waals surface area contributed by atoms with E-state index < -0.39 is 0 Å². The van der Waals surface area contributed by atoms with Gasteiger partial charge in [0.1, 0.15) is 0 Å². The molecular weight excluding hydrogens is 212 g/mol. The number of nitrogens with zero attached hydrogens (tertiary/aromatic N) is 1. The van der Waals surface area contributed by atoms with Gasteiger partial charge in [0, 0.05) is 18.6 Å². The summed E-state index contributed by atoms with van der Waals surface area (Å²) in [5.74, 6) is 1.88. The van der Waals surface area contributed by atoms with Crippen molar-refractivity contribution in [2.45, 2.75) is 52.0 Å². The summed E-state index contributed by atoms with van der Waals surface area (Å²) < 4.78 is 0. The van der Waals surface area contributed by atoms with Crippen molar-refractivity contribution in [2.24, 2.45) is 11.8 Å². The molecule has 1 saturated heterocycles. The van der Waals surface area contributed by atoms with Gasteiger partial charge in [-0.15, -0.1) is 0 Å². The smallest absolute Gasteiger partial charge is 0.234 e. The van der Waals surface area contributed by atoms with Crippen LogP contribution in [0.4, 0.5) is 0 Å². The Kier molecular flexibility index (Phi) is 3.76. The minimum atomic E-state index is -0.108. The average Bonchev–Trinajstić information content (AvgIpc) is 2.13. The molecule has 98 valence electrons. The van der Waals surface area contributed by atoms with Crippen LogP contribution >= 0.6 is 0 Å². The molecule has 2 fully saturated rings. The van der Waals surface area contributed by atoms with Crippen molar-refractivity contribution in [1.29, 1.82) is 0 Å². The summed E-state index contributed by atoms with van der Waals surface area (Å²) in [5, 5.41) is 3.05. The molecule has 3 heteroatoms. The minimum Gasteiger partial charge on any atom is -0.350 e. The molecule has 1 heterocycles. The highest BCUT2D eigenvalue weighted by molar-refractivity contribution is 5.78. The van der Waals surface area contributed by atoms with Crippen LogP contribution in [0.5, 0.6) is 0 Å². The van der Waals surface area contributed by atoms with Gasteiger partial charge < -0.3 is 5.32 Å². The van der Waals surface area contributed by atoms with Crippen LogP contribution < -0.4 is 5.32 Å². The summed E-state index contributed by atoms with van der Waals surface area (Å²) in [4.78, 5) is 14.3. The number of nitrogens with one attached hydrogen (secondary N) is 1. The molecular formula is C14H26N2O. The van der Waals surface area contributed by atoms with E-state index in [2.05, 4.69) is 10.2 Å². The maximum atomic E-state index is 11.9. The van der Waals surface area contributed by atoms with E-state index >= 15 is 0 Å². The predicted molar refractivity (Wildman–Crippen MR) is 69.8 cm³/mol. The van der Waals surface area contributed by atoms with Crippen molar-refractivity contribution in [1.82, 2.24) is 10.2 Å². The van der Waals surface area contributed by atoms with Gasteiger partial charge in [-0.1, -0.05) is 6.42 Å². The van der Waals surface area contributed by atoms with Crippen LogP contribution in [0.2, 0.25) is 0 Å². The molecule has 2 atom stereocenters. The average molecular weight is 238 g/mol. The van der Waals surface area contributed by atoms with E-state index in [9.17, 15) is 4.79 Å². The first-order chi connectivity index (χ1) is 7.92. The van der Waals surface area contributed by atoms with Crippen LogP contribution in [0.25, 0.3) is 0 Å². The first-order valence-corrected chi connectivity index (χ1v) is 6.96. The molecule has 2 aliphatic rings. The van der Waals surface area contributed by atoms with E-state index in [0.29, 0.717) is 6.54 Å². The molecule has 2 rings (SSSR count). The Balaban J connectivity index is 1.81. The Labute approximate surface area is 105 Å². The Morgan fingerprint density at radius 1 is 1.24 bits per heavy atom. The highest BCUT2D eigenvalue weighted by Crippen LogP contribution is 2.34. The molecule has 2 bridgehead atoms. The van der Waals surface area contributed by atoms with E-state index in [1.54, 1.807) is 0 Å². The van der Waals surface area contributed by atoms with Crippen molar-refractivity contribution in [3.63, 3.8) is 0 Å². The fraction of sp³-hybridized carbons (Fsp3) is 0.929. The third-order valence-electron chi connectivity index (χ3n) is 3.81. The number of amides is 1. The number of carbonyl (C=O) groups is 1. The van der Waals surface area contributed by atoms with E-state index in [4.69, 9.17) is 0 Å². The normalized spacial score (nSPS) is 30.1. The maximum absolute atomic E-state index is 11.9. The first-order valence-electron chi connectivity index (χ1n) is 6.96. The summed E-state index contributed by atoms with van der Waals surface area (Å²) in [6.45, 7) is 8.97. The summed E-state index contributed by atoms with van der Waals surface area (Å²) in [5.41, 5.74) is -0.108. The van der Waals surface area contributed by atoms with Crippen molar-refractivity contribution in [2.75, 3.05) is 19.6 Å². The highest BCUT2D eigenvalue weighted by atomic mass is 16.2. The second-order valence-corrected chi connectivity index (χ2v) is 6.89. The fourth-order valence-electron chi connectivity index (χ4n) is 3.33. The second kappa shape index (κ2) is 4.97. The van der Waals surface area contributed by atoms with Crippen LogP contribution in [0, 0.1) is 11.8 Å². The van der Waals surface area contributed by atoms with Crippen LogP contribution in [0.1, 0.15) is 46.5 Å². The van der Waals surface area contributed by atoms with Gasteiger partial charge in [0.25, 0.3) is 0 Å². The lowest BCUT2D eigenvalue weighted by atomic mass is 9.78. The standard InChI is InChI=1S/C14H26N2O/c1-14(2,3)15-13(17)10-16-8-11-5-4-6-12(7-11)9-16/h11-12H,4-10H2,1-3H3,(H,15,17)/t11-,12-/m0/s1. The van der Waals surface area contributed by atoms with E-state index in [0.717, 1.165) is 24.9 Å². The SMILES string of the molecule is CC(C)(C)NC(=O)CN1C[C@H]2CCC[C@@H](C2)C1. The van der Waals surface area contributed by atoms with Gasteiger partial charge in [-0.3, -0.25) is 9.69 Å². The Morgan fingerprint density at radius 2 is 1.82 bits per heavy atom. The van der Waals surface area contributed by atoms with Gasteiger partial charge >= 0.3 is 0 Å². The molecule has 1 N–H and O–H groups in total. The number of hydrogen-bond acceptors (Lipinski definition) is 2. The highest BCUT2D eigenvalue weighted by Gasteiger charge is 2.31. The third-order valence-corrected chi connectivity index (χ3v) is 3.81. The lowest BCUT2D eigenvalue weighted by molar-refractivity contribution is -0.124. The molecule has 3 nitrogen and oxygen atoms in total. The molecule has 0 spiro atoms. The van der Waals surface area contributed by atoms with E-state index in [1.165, 1.54) is 25.7 Å². The van der Waals surface area contributed by atoms with Gasteiger partial charge in [-0.05, 0) is 51.9 Å². The lowest BCUT2D eigenvalue weighted by Crippen LogP contribution is -2.50. The minimum absolute atomic E-state index is 0.108. The number of piperidine rings is 1. The molecule has 1 aliphatic heterocycles. The number of fused-ring (bicyclic) bond motifs is 2. The van der Waals surface area contributed by atoms with Crippen LogP contribution in [0.15, 0.2) is 0 Å². The molecule has 1 saturated carbocycles. The maximum Gasteiger partial charge on any atom is 0.234 e. The van der Waals surface area contributed by atoms with Gasteiger partial charge in [0.15, 0.2) is 0 Å². The van der Waals surface area contributed by atoms with Crippen LogP contribution in [-0.4, -0.2) is 36.0 Å². The van der Waals surface area contributed by atoms with Crippen molar-refractivity contribution in [3.05, 3.63) is 0 Å². The largest absolute Gasteiger partial charge is 0.350 e. The summed E-state index contributed by atoms with van der Waals surface area (Å²) in [6, 6.07) is 0. The molecule has 0 unspecified atom stereocenters. The van der Waals surface area contributed by atoms with E-state index in [1.807, 2.05) is 20.8 Å². The van der Waals surface area contributed by atoms with Gasteiger partial charge in [0.05, 0.1) is 6.54 Å². The molecule has 0 aromatic rings. The Morgan fingerprint density at radius 3 is 2.35 bits per heavy atom. The Hall–Kier alpha value is -0.570. The molecule has 0 radical (unpaired) electrons. The van der Waals surface area contributed by atoms with Gasteiger partial charge in [0.2, 0.25) is 5.91 Å². The molecule has 17 heavy (non-hydrogen) atoms. The van der Waals surface area contributed by atoms with Crippen LogP contribution in [-0.2, 0) is 4.79 Å². The first kappa shape index (κ1) is 12.9. The van der Waals surface area contributed by atoms with E-state index in [-0.39, 0.29) is 11.4 Å². The lowest BCUT2D eigenvalue weighted by Gasteiger charge is -2.41. The zero-order valence-electron chi connectivity index (χ0n) is 11.5. The quantitative estimate of drug-likeness (QED) is 0.798. The van der Waals surface area contributed by atoms with Crippen molar-refractivity contribution < 1.29 is 4.79 Å². The summed E-state index contributed by atoms with van der Waals surface area (Å²) in [6.07, 6.45) is 5.54. The fourth-order valence-corrected chi connectivity index (χ4v) is 3.33. The third kappa shape index (κ3) is 3.98. The molecule has 1 amide bonds. The summed E-state index contributed by atoms with van der Waals surface area (Å²) >= 11 is 0. The molecule has 1 aliphatic carbocycles. The molecule has 0 aromatic heterocycles. The summed E-state index contributed by atoms with van der Waals surface area (Å²) in [7, 11) is 0. The monoisotopic (exact) mass is 238 g/mol. The molecule has 0 aromatic carbocycles. The van der Waals surface area contributed by atoms with Gasteiger partial charge in [-0.2, -0.15) is 0 Å². The number of hydrogen-bond donors (Lipinski definition) is 1. The van der Waals surface area contributed by atoms with Crippen molar-refractivity contribution >= 4 is 5.91 Å². The van der Waals surface area contributed by atoms with Crippen molar-refractivity contribution in [3.8, 4) is 0 Å². The Bertz CT molecular complexity index is 270. The topological polar surface area (TPSA) is 32.3 Å². The predicted octanol–water partition coefficient (Wildman–Crippen LogP) is 2.02.